The number of carbonyl (C=O) groups excluding carboxylic acids is 2. The largest absolute Gasteiger partial charge is 0.464 e. The lowest BCUT2D eigenvalue weighted by Gasteiger charge is -2.10. The van der Waals surface area contributed by atoms with E-state index in [0.717, 1.165) is 6.08 Å². The molecule has 1 aromatic carbocycles. The highest BCUT2D eigenvalue weighted by atomic mass is 16.6. The van der Waals surface area contributed by atoms with Gasteiger partial charge in [0.05, 0.1) is 11.5 Å². The van der Waals surface area contributed by atoms with Crippen molar-refractivity contribution in [3.05, 3.63) is 46.0 Å². The number of non-ortho nitro benzene ring substituents is 1. The second-order valence-electron chi connectivity index (χ2n) is 3.96. The number of methoxy groups -OCH3 is 1. The van der Waals surface area contributed by atoms with Gasteiger partial charge in [0.15, 0.2) is 5.78 Å². The first kappa shape index (κ1) is 16.5. The Kier molecular flexibility index (Phi) is 6.22. The molecule has 0 aliphatic carbocycles. The van der Waals surface area contributed by atoms with Crippen molar-refractivity contribution in [3.8, 4) is 0 Å². The van der Waals surface area contributed by atoms with Gasteiger partial charge in [0.1, 0.15) is 0 Å². The molecule has 1 rings (SSSR count). The van der Waals surface area contributed by atoms with E-state index >= 15 is 0 Å². The van der Waals surface area contributed by atoms with Crippen LogP contribution in [0, 0.1) is 10.1 Å². The van der Waals surface area contributed by atoms with Crippen molar-refractivity contribution in [1.29, 1.82) is 0 Å². The zero-order valence-electron chi connectivity index (χ0n) is 11.6. The number of nitrogens with zero attached hydrogens (tertiary/aromatic N) is 1. The molecule has 0 fully saturated rings. The lowest BCUT2D eigenvalue weighted by Crippen LogP contribution is -2.32. The molecule has 0 amide bonds. The van der Waals surface area contributed by atoms with Crippen LogP contribution in [0.2, 0.25) is 0 Å². The fourth-order valence-electron chi connectivity index (χ4n) is 1.55. The third-order valence-electron chi connectivity index (χ3n) is 2.52. The summed E-state index contributed by atoms with van der Waals surface area (Å²) in [6.45, 7) is 1.76. The highest BCUT2D eigenvalue weighted by Crippen LogP contribution is 2.14. The van der Waals surface area contributed by atoms with E-state index in [2.05, 4.69) is 0 Å². The molecule has 1 aromatic rings. The minimum atomic E-state index is -1.33. The first-order valence-electron chi connectivity index (χ1n) is 6.15. The second-order valence-corrected chi connectivity index (χ2v) is 3.96. The van der Waals surface area contributed by atoms with Crippen molar-refractivity contribution < 1.29 is 24.0 Å². The average molecular weight is 293 g/mol. The Bertz CT molecular complexity index is 566. The predicted octanol–water partition coefficient (Wildman–Crippen LogP) is 1.76. The average Bonchev–Trinajstić information content (AvgIpc) is 2.46. The molecule has 0 aliphatic rings. The molecule has 0 saturated heterocycles. The van der Waals surface area contributed by atoms with Crippen LogP contribution < -0.4 is 0 Å². The lowest BCUT2D eigenvalue weighted by molar-refractivity contribution is -0.384. The maximum atomic E-state index is 11.8. The number of hydrogen-bond donors (Lipinski definition) is 0. The third kappa shape index (κ3) is 4.81. The summed E-state index contributed by atoms with van der Waals surface area (Å²) in [6.07, 6.45) is 1.17. The molecule has 0 bridgehead atoms. The van der Waals surface area contributed by atoms with Crippen LogP contribution in [0.15, 0.2) is 30.3 Å². The Morgan fingerprint density at radius 2 is 2.14 bits per heavy atom. The topological polar surface area (TPSA) is 95.7 Å². The van der Waals surface area contributed by atoms with Gasteiger partial charge in [-0.15, -0.1) is 0 Å². The van der Waals surface area contributed by atoms with Gasteiger partial charge in [-0.1, -0.05) is 18.2 Å². The van der Waals surface area contributed by atoms with Crippen molar-refractivity contribution in [3.63, 3.8) is 0 Å². The van der Waals surface area contributed by atoms with Gasteiger partial charge >= 0.3 is 5.97 Å². The SMILES string of the molecule is CCOC(=O)C(OC)C(=O)C=Cc1cccc([N+](=O)[O-])c1. The Hall–Kier alpha value is -2.54. The summed E-state index contributed by atoms with van der Waals surface area (Å²) < 4.78 is 9.50. The summed E-state index contributed by atoms with van der Waals surface area (Å²) in [4.78, 5) is 33.4. The van der Waals surface area contributed by atoms with Crippen LogP contribution in [0.5, 0.6) is 0 Å². The van der Waals surface area contributed by atoms with E-state index in [9.17, 15) is 19.7 Å². The first-order chi connectivity index (χ1) is 9.99. The summed E-state index contributed by atoms with van der Waals surface area (Å²) in [6, 6.07) is 5.76. The molecule has 0 spiro atoms. The summed E-state index contributed by atoms with van der Waals surface area (Å²) in [5, 5.41) is 10.6. The third-order valence-corrected chi connectivity index (χ3v) is 2.52. The summed E-state index contributed by atoms with van der Waals surface area (Å²) in [7, 11) is 1.22. The predicted molar refractivity (Wildman–Crippen MR) is 74.6 cm³/mol. The Labute approximate surface area is 121 Å². The fraction of sp³-hybridized carbons (Fsp3) is 0.286. The zero-order valence-corrected chi connectivity index (χ0v) is 11.6. The molecule has 112 valence electrons. The zero-order chi connectivity index (χ0) is 15.8. The van der Waals surface area contributed by atoms with E-state index in [4.69, 9.17) is 9.47 Å². The van der Waals surface area contributed by atoms with Crippen LogP contribution >= 0.6 is 0 Å². The molecule has 0 saturated carbocycles. The molecule has 7 heteroatoms. The Morgan fingerprint density at radius 3 is 2.71 bits per heavy atom. The second kappa shape index (κ2) is 7.91. The number of benzene rings is 1. The fourth-order valence-corrected chi connectivity index (χ4v) is 1.55. The number of hydrogen-bond acceptors (Lipinski definition) is 6. The van der Waals surface area contributed by atoms with Crippen molar-refractivity contribution in [2.75, 3.05) is 13.7 Å². The summed E-state index contributed by atoms with van der Waals surface area (Å²) >= 11 is 0. The number of nitro groups is 1. The van der Waals surface area contributed by atoms with E-state index < -0.39 is 22.8 Å². The van der Waals surface area contributed by atoms with Gasteiger partial charge < -0.3 is 9.47 Å². The molecule has 0 N–H and O–H groups in total. The van der Waals surface area contributed by atoms with Gasteiger partial charge in [-0.2, -0.15) is 0 Å². The molecule has 7 nitrogen and oxygen atoms in total. The number of esters is 1. The van der Waals surface area contributed by atoms with Gasteiger partial charge in [0.2, 0.25) is 6.10 Å². The van der Waals surface area contributed by atoms with Crippen molar-refractivity contribution in [2.45, 2.75) is 13.0 Å². The number of rotatable bonds is 7. The van der Waals surface area contributed by atoms with Gasteiger partial charge in [-0.25, -0.2) is 4.79 Å². The van der Waals surface area contributed by atoms with Crippen LogP contribution in [0.3, 0.4) is 0 Å². The monoisotopic (exact) mass is 293 g/mol. The standard InChI is InChI=1S/C14H15NO6/c1-3-21-14(17)13(20-2)12(16)8-7-10-5-4-6-11(9-10)15(18)19/h4-9,13H,3H2,1-2H3. The number of ketones is 1. The van der Waals surface area contributed by atoms with Gasteiger partial charge in [-0.05, 0) is 18.6 Å². The molecular weight excluding hydrogens is 278 g/mol. The Balaban J connectivity index is 2.83. The van der Waals surface area contributed by atoms with E-state index in [1.54, 1.807) is 13.0 Å². The Morgan fingerprint density at radius 1 is 1.43 bits per heavy atom. The molecule has 0 aliphatic heterocycles. The van der Waals surface area contributed by atoms with Crippen molar-refractivity contribution >= 4 is 23.5 Å². The normalized spacial score (nSPS) is 12.1. The number of nitro benzene ring substituents is 1. The van der Waals surface area contributed by atoms with E-state index in [1.165, 1.54) is 31.4 Å². The lowest BCUT2D eigenvalue weighted by atomic mass is 10.1. The number of carbonyl (C=O) groups is 2. The molecule has 1 unspecified atom stereocenters. The van der Waals surface area contributed by atoms with Crippen LogP contribution in [-0.4, -0.2) is 36.5 Å². The minimum Gasteiger partial charge on any atom is -0.464 e. The molecular formula is C14H15NO6. The van der Waals surface area contributed by atoms with Gasteiger partial charge in [-0.3, -0.25) is 14.9 Å². The van der Waals surface area contributed by atoms with Gasteiger partial charge in [0.25, 0.3) is 5.69 Å². The van der Waals surface area contributed by atoms with E-state index in [0.29, 0.717) is 5.56 Å². The van der Waals surface area contributed by atoms with Crippen molar-refractivity contribution in [1.82, 2.24) is 0 Å². The minimum absolute atomic E-state index is 0.0849. The maximum absolute atomic E-state index is 11.8. The van der Waals surface area contributed by atoms with Crippen LogP contribution in [-0.2, 0) is 19.1 Å². The molecule has 1 atom stereocenters. The molecule has 0 heterocycles. The summed E-state index contributed by atoms with van der Waals surface area (Å²) in [5.74, 6) is -1.36. The molecule has 21 heavy (non-hydrogen) atoms. The van der Waals surface area contributed by atoms with Crippen LogP contribution in [0.4, 0.5) is 5.69 Å². The van der Waals surface area contributed by atoms with Gasteiger partial charge in [0, 0.05) is 19.2 Å². The van der Waals surface area contributed by atoms with Crippen molar-refractivity contribution in [2.24, 2.45) is 0 Å². The van der Waals surface area contributed by atoms with E-state index in [-0.39, 0.29) is 12.3 Å². The quantitative estimate of drug-likeness (QED) is 0.250. The highest BCUT2D eigenvalue weighted by Gasteiger charge is 2.25. The summed E-state index contributed by atoms with van der Waals surface area (Å²) in [5.41, 5.74) is 0.384. The first-order valence-corrected chi connectivity index (χ1v) is 6.15. The van der Waals surface area contributed by atoms with Crippen LogP contribution in [0.25, 0.3) is 6.08 Å². The van der Waals surface area contributed by atoms with E-state index in [1.807, 2.05) is 0 Å². The number of ether oxygens (including phenoxy) is 2. The highest BCUT2D eigenvalue weighted by molar-refractivity contribution is 6.09. The maximum Gasteiger partial charge on any atom is 0.343 e. The van der Waals surface area contributed by atoms with Crippen LogP contribution in [0.1, 0.15) is 12.5 Å². The molecule has 0 aromatic heterocycles. The smallest absolute Gasteiger partial charge is 0.343 e. The molecule has 0 radical (unpaired) electrons.